The molecule has 2 N–H and O–H groups in total. The van der Waals surface area contributed by atoms with Crippen LogP contribution in [0.2, 0.25) is 0 Å². The standard InChI is InChI=1S/C23H23N7O2/c1-14-4-6-17(7-5-14)18-10-19(23(32)26-15(2)21-13-24-8-9-25-21)12-20(11-18)30-22(16(3)31)27-28-29-30/h4-13,15-16,31H,1-3H3,(H,26,32)/t15-,16?/m0/s1. The predicted molar refractivity (Wildman–Crippen MR) is 118 cm³/mol. The highest BCUT2D eigenvalue weighted by atomic mass is 16.3. The van der Waals surface area contributed by atoms with Crippen molar-refractivity contribution in [1.29, 1.82) is 0 Å². The Bertz CT molecular complexity index is 1220. The zero-order chi connectivity index (χ0) is 22.7. The minimum absolute atomic E-state index is 0.273. The maximum atomic E-state index is 13.1. The fraction of sp³-hybridized carbons (Fsp3) is 0.217. The van der Waals surface area contributed by atoms with Crippen LogP contribution in [-0.4, -0.2) is 41.2 Å². The molecule has 2 aromatic heterocycles. The van der Waals surface area contributed by atoms with Gasteiger partial charge in [-0.15, -0.1) is 5.10 Å². The minimum Gasteiger partial charge on any atom is -0.385 e. The van der Waals surface area contributed by atoms with Gasteiger partial charge in [-0.1, -0.05) is 29.8 Å². The van der Waals surface area contributed by atoms with Gasteiger partial charge < -0.3 is 10.4 Å². The van der Waals surface area contributed by atoms with Gasteiger partial charge in [-0.05, 0) is 60.5 Å². The average Bonchev–Trinajstić information content (AvgIpc) is 3.30. The number of nitrogens with one attached hydrogen (secondary N) is 1. The largest absolute Gasteiger partial charge is 0.385 e. The summed E-state index contributed by atoms with van der Waals surface area (Å²) in [4.78, 5) is 21.4. The Kier molecular flexibility index (Phi) is 6.00. The molecule has 4 rings (SSSR count). The van der Waals surface area contributed by atoms with Crippen molar-refractivity contribution >= 4 is 5.91 Å². The smallest absolute Gasteiger partial charge is 0.251 e. The summed E-state index contributed by atoms with van der Waals surface area (Å²) >= 11 is 0. The summed E-state index contributed by atoms with van der Waals surface area (Å²) in [7, 11) is 0. The van der Waals surface area contributed by atoms with Crippen LogP contribution in [-0.2, 0) is 0 Å². The summed E-state index contributed by atoms with van der Waals surface area (Å²) in [6, 6.07) is 13.1. The first kappa shape index (κ1) is 21.3. The van der Waals surface area contributed by atoms with Gasteiger partial charge in [0, 0.05) is 18.0 Å². The Balaban J connectivity index is 1.75. The van der Waals surface area contributed by atoms with Crippen molar-refractivity contribution in [3.63, 3.8) is 0 Å². The molecule has 2 atom stereocenters. The Morgan fingerprint density at radius 3 is 2.53 bits per heavy atom. The highest BCUT2D eigenvalue weighted by molar-refractivity contribution is 5.96. The van der Waals surface area contributed by atoms with Crippen molar-refractivity contribution in [2.75, 3.05) is 0 Å². The van der Waals surface area contributed by atoms with Crippen LogP contribution in [0.3, 0.4) is 0 Å². The van der Waals surface area contributed by atoms with E-state index in [9.17, 15) is 9.90 Å². The van der Waals surface area contributed by atoms with Crippen LogP contribution in [0.25, 0.3) is 16.8 Å². The number of tetrazole rings is 1. The fourth-order valence-electron chi connectivity index (χ4n) is 3.30. The Morgan fingerprint density at radius 2 is 1.84 bits per heavy atom. The normalized spacial score (nSPS) is 12.9. The summed E-state index contributed by atoms with van der Waals surface area (Å²) in [5.74, 6) is 0.00961. The van der Waals surface area contributed by atoms with Gasteiger partial charge in [0.05, 0.1) is 23.6 Å². The van der Waals surface area contributed by atoms with Crippen molar-refractivity contribution < 1.29 is 9.90 Å². The summed E-state index contributed by atoms with van der Waals surface area (Å²) in [6.07, 6.45) is 3.92. The molecule has 4 aromatic rings. The third-order valence-electron chi connectivity index (χ3n) is 5.05. The lowest BCUT2D eigenvalue weighted by molar-refractivity contribution is 0.0939. The fourth-order valence-corrected chi connectivity index (χ4v) is 3.30. The summed E-state index contributed by atoms with van der Waals surface area (Å²) < 4.78 is 1.44. The van der Waals surface area contributed by atoms with E-state index in [1.54, 1.807) is 31.6 Å². The van der Waals surface area contributed by atoms with Gasteiger partial charge in [0.2, 0.25) is 0 Å². The number of rotatable bonds is 6. The van der Waals surface area contributed by atoms with Gasteiger partial charge in [-0.3, -0.25) is 14.8 Å². The van der Waals surface area contributed by atoms with Crippen molar-refractivity contribution in [3.05, 3.63) is 83.7 Å². The average molecular weight is 429 g/mol. The molecule has 0 spiro atoms. The molecule has 9 nitrogen and oxygen atoms in total. The van der Waals surface area contributed by atoms with E-state index < -0.39 is 6.10 Å². The van der Waals surface area contributed by atoms with Gasteiger partial charge in [0.15, 0.2) is 5.82 Å². The molecule has 0 saturated carbocycles. The molecular formula is C23H23N7O2. The third-order valence-corrected chi connectivity index (χ3v) is 5.05. The highest BCUT2D eigenvalue weighted by Crippen LogP contribution is 2.26. The molecule has 2 aromatic carbocycles. The molecule has 0 aliphatic rings. The van der Waals surface area contributed by atoms with Crippen LogP contribution in [0.5, 0.6) is 0 Å². The van der Waals surface area contributed by atoms with Crippen molar-refractivity contribution in [2.45, 2.75) is 32.9 Å². The number of aliphatic hydroxyl groups excluding tert-OH is 1. The quantitative estimate of drug-likeness (QED) is 0.484. The van der Waals surface area contributed by atoms with Gasteiger partial charge in [0.25, 0.3) is 5.91 Å². The predicted octanol–water partition coefficient (Wildman–Crippen LogP) is 2.97. The van der Waals surface area contributed by atoms with E-state index in [1.165, 1.54) is 4.68 Å². The van der Waals surface area contributed by atoms with Crippen LogP contribution in [0, 0.1) is 6.92 Å². The van der Waals surface area contributed by atoms with Crippen LogP contribution in [0.15, 0.2) is 61.1 Å². The first-order valence-electron chi connectivity index (χ1n) is 10.2. The maximum absolute atomic E-state index is 13.1. The van der Waals surface area contributed by atoms with Crippen molar-refractivity contribution in [3.8, 4) is 16.8 Å². The number of aromatic nitrogens is 6. The van der Waals surface area contributed by atoms with E-state index in [1.807, 2.05) is 50.2 Å². The summed E-state index contributed by atoms with van der Waals surface area (Å²) in [5.41, 5.74) is 4.57. The summed E-state index contributed by atoms with van der Waals surface area (Å²) in [6.45, 7) is 5.45. The topological polar surface area (TPSA) is 119 Å². The van der Waals surface area contributed by atoms with Gasteiger partial charge in [0.1, 0.15) is 6.10 Å². The van der Waals surface area contributed by atoms with Crippen molar-refractivity contribution in [2.24, 2.45) is 0 Å². The lowest BCUT2D eigenvalue weighted by Crippen LogP contribution is -2.27. The first-order chi connectivity index (χ1) is 15.4. The minimum atomic E-state index is -0.873. The number of aliphatic hydroxyl groups is 1. The third kappa shape index (κ3) is 4.52. The number of hydrogen-bond donors (Lipinski definition) is 2. The molecule has 1 amide bonds. The number of nitrogens with zero attached hydrogens (tertiary/aromatic N) is 6. The van der Waals surface area contributed by atoms with Crippen LogP contribution >= 0.6 is 0 Å². The molecule has 1 unspecified atom stereocenters. The highest BCUT2D eigenvalue weighted by Gasteiger charge is 2.18. The second-order valence-corrected chi connectivity index (χ2v) is 7.58. The zero-order valence-electron chi connectivity index (χ0n) is 18.0. The number of carbonyl (C=O) groups excluding carboxylic acids is 1. The van der Waals surface area contributed by atoms with E-state index in [-0.39, 0.29) is 17.8 Å². The van der Waals surface area contributed by atoms with Crippen LogP contribution in [0.4, 0.5) is 0 Å². The molecule has 32 heavy (non-hydrogen) atoms. The monoisotopic (exact) mass is 429 g/mol. The van der Waals surface area contributed by atoms with E-state index >= 15 is 0 Å². The lowest BCUT2D eigenvalue weighted by Gasteiger charge is -2.15. The number of hydrogen-bond acceptors (Lipinski definition) is 7. The molecule has 0 radical (unpaired) electrons. The molecular weight excluding hydrogens is 406 g/mol. The van der Waals surface area contributed by atoms with Gasteiger partial charge in [-0.2, -0.15) is 4.68 Å². The molecule has 162 valence electrons. The van der Waals surface area contributed by atoms with Gasteiger partial charge in [-0.25, -0.2) is 0 Å². The van der Waals surface area contributed by atoms with E-state index in [0.717, 1.165) is 16.7 Å². The van der Waals surface area contributed by atoms with Crippen LogP contribution in [0.1, 0.15) is 53.4 Å². The summed E-state index contributed by atoms with van der Waals surface area (Å²) in [5, 5.41) is 24.6. The Morgan fingerprint density at radius 1 is 1.06 bits per heavy atom. The van der Waals surface area contributed by atoms with E-state index in [2.05, 4.69) is 30.8 Å². The molecule has 0 saturated heterocycles. The zero-order valence-corrected chi connectivity index (χ0v) is 18.0. The second kappa shape index (κ2) is 9.03. The molecule has 0 aliphatic carbocycles. The second-order valence-electron chi connectivity index (χ2n) is 7.58. The molecule has 0 aliphatic heterocycles. The molecule has 2 heterocycles. The van der Waals surface area contributed by atoms with Crippen LogP contribution < -0.4 is 5.32 Å². The first-order valence-corrected chi connectivity index (χ1v) is 10.2. The molecule has 0 fully saturated rings. The van der Waals surface area contributed by atoms with Crippen molar-refractivity contribution in [1.82, 2.24) is 35.5 Å². The number of aryl methyl sites for hydroxylation is 1. The molecule has 9 heteroatoms. The maximum Gasteiger partial charge on any atom is 0.251 e. The Labute approximate surface area is 185 Å². The van der Waals surface area contributed by atoms with E-state index in [4.69, 9.17) is 0 Å². The number of benzene rings is 2. The SMILES string of the molecule is Cc1ccc(-c2cc(C(=O)N[C@@H](C)c3cnccn3)cc(-n3nnnc3C(C)O)c2)cc1. The lowest BCUT2D eigenvalue weighted by atomic mass is 10.0. The molecule has 0 bridgehead atoms. The number of carbonyl (C=O) groups is 1. The van der Waals surface area contributed by atoms with Gasteiger partial charge >= 0.3 is 0 Å². The number of amides is 1. The Hall–Kier alpha value is -3.98. The van der Waals surface area contributed by atoms with E-state index in [0.29, 0.717) is 16.9 Å².